The molecule has 3 amide bonds. The Hall–Kier alpha value is -2.45. The van der Waals surface area contributed by atoms with E-state index in [1.807, 2.05) is 0 Å². The number of aliphatic carboxylic acids is 1. The molecule has 1 aliphatic carbocycles. The molecule has 1 aromatic rings. The molecular formula is C23H26ClN3O5. The molecular weight excluding hydrogens is 434 g/mol. The second kappa shape index (κ2) is 7.56. The number of amides is 3. The average Bonchev–Trinajstić information content (AvgIpc) is 3.35. The molecule has 32 heavy (non-hydrogen) atoms. The van der Waals surface area contributed by atoms with Gasteiger partial charge >= 0.3 is 0 Å². The Morgan fingerprint density at radius 2 is 1.94 bits per heavy atom. The second-order valence-corrected chi connectivity index (χ2v) is 9.91. The van der Waals surface area contributed by atoms with Gasteiger partial charge in [0.25, 0.3) is 5.91 Å². The van der Waals surface area contributed by atoms with Crippen LogP contribution in [-0.4, -0.2) is 40.7 Å². The fraction of sp³-hybridized carbons (Fsp3) is 0.565. The molecule has 3 N–H and O–H groups in total. The summed E-state index contributed by atoms with van der Waals surface area (Å²) in [4.78, 5) is 53.5. The molecule has 0 bridgehead atoms. The van der Waals surface area contributed by atoms with E-state index in [1.165, 1.54) is 4.90 Å². The first kappa shape index (κ1) is 21.4. The first-order valence-electron chi connectivity index (χ1n) is 11.3. The van der Waals surface area contributed by atoms with Crippen LogP contribution < -0.4 is 15.7 Å². The van der Waals surface area contributed by atoms with E-state index < -0.39 is 29.4 Å². The molecule has 1 aromatic carbocycles. The van der Waals surface area contributed by atoms with E-state index in [1.54, 1.807) is 24.4 Å². The average molecular weight is 460 g/mol. The minimum atomic E-state index is -1.30. The van der Waals surface area contributed by atoms with E-state index >= 15 is 0 Å². The van der Waals surface area contributed by atoms with Crippen LogP contribution in [0.1, 0.15) is 56.1 Å². The van der Waals surface area contributed by atoms with Crippen LogP contribution in [0.25, 0.3) is 0 Å². The van der Waals surface area contributed by atoms with Crippen molar-refractivity contribution in [2.75, 3.05) is 5.32 Å². The fourth-order valence-corrected chi connectivity index (χ4v) is 6.58. The van der Waals surface area contributed by atoms with Crippen LogP contribution in [0, 0.1) is 18.8 Å². The van der Waals surface area contributed by atoms with E-state index in [0.717, 1.165) is 32.1 Å². The number of halogens is 1. The van der Waals surface area contributed by atoms with Gasteiger partial charge in [-0.3, -0.25) is 19.3 Å². The van der Waals surface area contributed by atoms with Crippen molar-refractivity contribution in [1.29, 1.82) is 0 Å². The highest BCUT2D eigenvalue weighted by atomic mass is 35.5. The van der Waals surface area contributed by atoms with Crippen LogP contribution in [0.3, 0.4) is 0 Å². The number of anilines is 1. The molecule has 0 radical (unpaired) electrons. The summed E-state index contributed by atoms with van der Waals surface area (Å²) in [5, 5.41) is 16.3. The normalized spacial score (nSPS) is 31.9. The van der Waals surface area contributed by atoms with Gasteiger partial charge in [0.05, 0.1) is 5.69 Å². The van der Waals surface area contributed by atoms with E-state index in [0.29, 0.717) is 21.8 Å². The lowest BCUT2D eigenvalue weighted by atomic mass is 9.76. The van der Waals surface area contributed by atoms with Gasteiger partial charge in [-0.15, -0.1) is 0 Å². The van der Waals surface area contributed by atoms with Crippen LogP contribution in [0.15, 0.2) is 12.1 Å². The first-order chi connectivity index (χ1) is 15.3. The van der Waals surface area contributed by atoms with Crippen molar-refractivity contribution < 1.29 is 29.6 Å². The number of fused-ring (bicyclic) bond motifs is 4. The molecule has 170 valence electrons. The predicted molar refractivity (Wildman–Crippen MR) is 112 cm³/mol. The summed E-state index contributed by atoms with van der Waals surface area (Å²) >= 11 is 6.27. The number of carboxylic acid groups (broad SMARTS) is 1. The second-order valence-electron chi connectivity index (χ2n) is 9.50. The van der Waals surface area contributed by atoms with Gasteiger partial charge in [-0.25, -0.2) is 0 Å². The van der Waals surface area contributed by atoms with Crippen LogP contribution >= 0.6 is 11.6 Å². The van der Waals surface area contributed by atoms with Gasteiger partial charge in [0.15, 0.2) is 0 Å². The monoisotopic (exact) mass is 459 g/mol. The van der Waals surface area contributed by atoms with Gasteiger partial charge < -0.3 is 20.5 Å². The molecule has 0 aromatic heterocycles. The molecule has 4 aliphatic rings. The van der Waals surface area contributed by atoms with Crippen LogP contribution in [0.5, 0.6) is 0 Å². The molecule has 1 spiro atoms. The Morgan fingerprint density at radius 1 is 1.22 bits per heavy atom. The molecule has 3 aliphatic heterocycles. The van der Waals surface area contributed by atoms with Gasteiger partial charge in [-0.05, 0) is 43.9 Å². The van der Waals surface area contributed by atoms with Crippen molar-refractivity contribution in [2.45, 2.75) is 69.5 Å². The van der Waals surface area contributed by atoms with Crippen LogP contribution in [0.2, 0.25) is 5.02 Å². The predicted octanol–water partition coefficient (Wildman–Crippen LogP) is 0.205. The Balaban J connectivity index is 1.62. The number of nitrogens with two attached hydrogens (primary N) is 1. The van der Waals surface area contributed by atoms with Crippen molar-refractivity contribution in [3.8, 4) is 0 Å². The molecule has 2 saturated heterocycles. The number of rotatable bonds is 4. The zero-order valence-electron chi connectivity index (χ0n) is 17.9. The molecule has 8 nitrogen and oxygen atoms in total. The van der Waals surface area contributed by atoms with Crippen molar-refractivity contribution in [2.24, 2.45) is 11.8 Å². The highest BCUT2D eigenvalue weighted by molar-refractivity contribution is 6.32. The Labute approximate surface area is 190 Å². The summed E-state index contributed by atoms with van der Waals surface area (Å²) in [6.07, 6.45) is 4.47. The molecule has 9 heteroatoms. The Bertz CT molecular complexity index is 1040. The SMILES string of the molecule is Cc1c(Cl)ccc2c1NC(=O)[C@]21[NH2+][C@H](CCC(=O)[O-])[C@H]2C(=O)N(C3CCCCC3)C(=O)[C@H]21. The standard InChI is InChI=1S/C23H26ClN3O5/c1-11-14(24)8-7-13-19(11)25-22(32)23(13)18-17(15(26-23)9-10-16(28)29)20(30)27(21(18)31)12-5-3-2-4-6-12/h7-8,12,15,17-18,26H,2-6,9-10H2,1H3,(H,25,32)(H,28,29)/t15-,17-,18+,23+/m1/s1. The first-order valence-corrected chi connectivity index (χ1v) is 11.7. The van der Waals surface area contributed by atoms with Gasteiger partial charge in [-0.2, -0.15) is 0 Å². The lowest BCUT2D eigenvalue weighted by Crippen LogP contribution is -2.99. The highest BCUT2D eigenvalue weighted by Crippen LogP contribution is 2.51. The maximum atomic E-state index is 13.8. The lowest BCUT2D eigenvalue weighted by Gasteiger charge is -2.32. The number of likely N-dealkylation sites (tertiary alicyclic amines) is 1. The third kappa shape index (κ3) is 2.85. The van der Waals surface area contributed by atoms with E-state index in [2.05, 4.69) is 5.32 Å². The topological polar surface area (TPSA) is 123 Å². The molecule has 0 unspecified atom stereocenters. The maximum Gasteiger partial charge on any atom is 0.291 e. The van der Waals surface area contributed by atoms with Crippen molar-refractivity contribution in [3.63, 3.8) is 0 Å². The third-order valence-electron chi connectivity index (χ3n) is 7.89. The number of nitrogens with one attached hydrogen (secondary N) is 1. The number of hydrogen-bond acceptors (Lipinski definition) is 5. The van der Waals surface area contributed by atoms with Crippen LogP contribution in [-0.2, 0) is 24.7 Å². The zero-order valence-corrected chi connectivity index (χ0v) is 18.6. The number of hydrogen-bond donors (Lipinski definition) is 2. The molecule has 3 fully saturated rings. The number of quaternary nitrogens is 1. The minimum absolute atomic E-state index is 0.149. The van der Waals surface area contributed by atoms with E-state index in [9.17, 15) is 24.3 Å². The molecule has 5 rings (SSSR count). The number of nitrogens with zero attached hydrogens (tertiary/aromatic N) is 1. The summed E-state index contributed by atoms with van der Waals surface area (Å²) in [5.41, 5.74) is 0.622. The van der Waals surface area contributed by atoms with Crippen molar-refractivity contribution >= 4 is 41.0 Å². The fourth-order valence-electron chi connectivity index (χ4n) is 6.42. The quantitative estimate of drug-likeness (QED) is 0.623. The number of benzene rings is 1. The smallest absolute Gasteiger partial charge is 0.291 e. The number of carbonyl (C=O) groups excluding carboxylic acids is 4. The number of imide groups is 1. The van der Waals surface area contributed by atoms with Gasteiger partial charge in [0.2, 0.25) is 17.4 Å². The number of carboxylic acids is 1. The maximum absolute atomic E-state index is 13.8. The number of carbonyl (C=O) groups is 4. The molecule has 3 heterocycles. The lowest BCUT2D eigenvalue weighted by molar-refractivity contribution is -0.734. The molecule has 4 atom stereocenters. The highest BCUT2D eigenvalue weighted by Gasteiger charge is 2.74. The van der Waals surface area contributed by atoms with Gasteiger partial charge in [0, 0.05) is 29.0 Å². The molecule has 1 saturated carbocycles. The van der Waals surface area contributed by atoms with Gasteiger partial charge in [-0.1, -0.05) is 30.9 Å². The van der Waals surface area contributed by atoms with Crippen LogP contribution in [0.4, 0.5) is 5.69 Å². The largest absolute Gasteiger partial charge is 0.550 e. The Morgan fingerprint density at radius 3 is 2.62 bits per heavy atom. The summed E-state index contributed by atoms with van der Waals surface area (Å²) in [6.45, 7) is 1.80. The van der Waals surface area contributed by atoms with E-state index in [-0.39, 0.29) is 36.6 Å². The van der Waals surface area contributed by atoms with Crippen molar-refractivity contribution in [1.82, 2.24) is 4.90 Å². The Kier molecular flexibility index (Phi) is 5.05. The summed E-state index contributed by atoms with van der Waals surface area (Å²) < 4.78 is 0. The zero-order chi connectivity index (χ0) is 22.8. The summed E-state index contributed by atoms with van der Waals surface area (Å²) in [6, 6.07) is 2.80. The third-order valence-corrected chi connectivity index (χ3v) is 8.30. The minimum Gasteiger partial charge on any atom is -0.550 e. The van der Waals surface area contributed by atoms with E-state index in [4.69, 9.17) is 11.6 Å². The summed E-state index contributed by atoms with van der Waals surface area (Å²) in [5.74, 6) is -3.75. The van der Waals surface area contributed by atoms with Crippen molar-refractivity contribution in [3.05, 3.63) is 28.3 Å². The summed E-state index contributed by atoms with van der Waals surface area (Å²) in [7, 11) is 0. The van der Waals surface area contributed by atoms with Gasteiger partial charge in [0.1, 0.15) is 17.9 Å².